The molecule has 0 aromatic carbocycles. The molecule has 1 aliphatic rings. The van der Waals surface area contributed by atoms with Crippen molar-refractivity contribution in [3.05, 3.63) is 0 Å². The molecule has 0 bridgehead atoms. The number of rotatable bonds is 2. The van der Waals surface area contributed by atoms with E-state index < -0.39 is 0 Å². The van der Waals surface area contributed by atoms with Crippen LogP contribution in [0.1, 0.15) is 27.7 Å². The molecule has 1 N–H and O–H groups in total. The zero-order chi connectivity index (χ0) is 11.4. The van der Waals surface area contributed by atoms with Crippen molar-refractivity contribution in [1.82, 2.24) is 10.2 Å². The second-order valence-electron chi connectivity index (χ2n) is 4.78. The van der Waals surface area contributed by atoms with E-state index in [9.17, 15) is 4.79 Å². The molecule has 0 radical (unpaired) electrons. The number of carbonyl (C=O) groups is 1. The fourth-order valence-corrected chi connectivity index (χ4v) is 1.60. The number of amides is 1. The third kappa shape index (κ3) is 3.70. The first kappa shape index (κ1) is 12.3. The maximum Gasteiger partial charge on any atom is 0.410 e. The van der Waals surface area contributed by atoms with Gasteiger partial charge in [-0.15, -0.1) is 0 Å². The monoisotopic (exact) mass is 214 g/mol. The van der Waals surface area contributed by atoms with Crippen LogP contribution in [0.2, 0.25) is 0 Å². The smallest absolute Gasteiger partial charge is 0.410 e. The van der Waals surface area contributed by atoms with Gasteiger partial charge in [-0.25, -0.2) is 4.79 Å². The summed E-state index contributed by atoms with van der Waals surface area (Å²) in [6.07, 6.45) is -0.176. The summed E-state index contributed by atoms with van der Waals surface area (Å²) >= 11 is 0. The summed E-state index contributed by atoms with van der Waals surface area (Å²) in [5.74, 6) is 0.393. The summed E-state index contributed by atoms with van der Waals surface area (Å²) in [5, 5.41) is 3.33. The summed E-state index contributed by atoms with van der Waals surface area (Å²) in [4.78, 5) is 13.5. The predicted molar refractivity (Wildman–Crippen MR) is 59.8 cm³/mol. The van der Waals surface area contributed by atoms with Crippen molar-refractivity contribution in [3.8, 4) is 0 Å². The summed E-state index contributed by atoms with van der Waals surface area (Å²) in [6.45, 7) is 10.3. The SMILES string of the molecule is CC(C)COC(=O)N1C[C@@H](C)NC[C@@H]1C. The number of piperazine rings is 1. The molecule has 0 aromatic rings. The Morgan fingerprint density at radius 1 is 1.53 bits per heavy atom. The highest BCUT2D eigenvalue weighted by molar-refractivity contribution is 5.68. The van der Waals surface area contributed by atoms with E-state index >= 15 is 0 Å². The van der Waals surface area contributed by atoms with Gasteiger partial charge in [-0.2, -0.15) is 0 Å². The van der Waals surface area contributed by atoms with Gasteiger partial charge in [-0.3, -0.25) is 0 Å². The third-order valence-corrected chi connectivity index (χ3v) is 2.54. The van der Waals surface area contributed by atoms with Gasteiger partial charge in [0.25, 0.3) is 0 Å². The van der Waals surface area contributed by atoms with E-state index in [0.29, 0.717) is 18.6 Å². The van der Waals surface area contributed by atoms with E-state index in [1.807, 2.05) is 25.7 Å². The van der Waals surface area contributed by atoms with Gasteiger partial charge in [0, 0.05) is 25.2 Å². The predicted octanol–water partition coefficient (Wildman–Crippen LogP) is 1.46. The van der Waals surface area contributed by atoms with E-state index in [0.717, 1.165) is 13.1 Å². The topological polar surface area (TPSA) is 41.6 Å². The molecule has 1 heterocycles. The number of hydrogen-bond donors (Lipinski definition) is 1. The van der Waals surface area contributed by atoms with Crippen molar-refractivity contribution < 1.29 is 9.53 Å². The van der Waals surface area contributed by atoms with Crippen molar-refractivity contribution in [2.24, 2.45) is 5.92 Å². The normalized spacial score (nSPS) is 26.9. The highest BCUT2D eigenvalue weighted by Crippen LogP contribution is 2.09. The average Bonchev–Trinajstić information content (AvgIpc) is 2.18. The molecule has 4 nitrogen and oxygen atoms in total. The van der Waals surface area contributed by atoms with Crippen LogP contribution in [0.5, 0.6) is 0 Å². The number of carbonyl (C=O) groups excluding carboxylic acids is 1. The molecule has 0 saturated carbocycles. The van der Waals surface area contributed by atoms with Gasteiger partial charge in [-0.1, -0.05) is 13.8 Å². The molecular weight excluding hydrogens is 192 g/mol. The molecule has 2 atom stereocenters. The van der Waals surface area contributed by atoms with Gasteiger partial charge in [0.15, 0.2) is 0 Å². The Labute approximate surface area is 92.0 Å². The minimum absolute atomic E-state index is 0.176. The van der Waals surface area contributed by atoms with Crippen LogP contribution in [0.4, 0.5) is 4.79 Å². The van der Waals surface area contributed by atoms with Gasteiger partial charge in [0.05, 0.1) is 6.61 Å². The maximum absolute atomic E-state index is 11.7. The van der Waals surface area contributed by atoms with E-state index in [1.54, 1.807) is 0 Å². The fraction of sp³-hybridized carbons (Fsp3) is 0.909. The minimum Gasteiger partial charge on any atom is -0.449 e. The van der Waals surface area contributed by atoms with Crippen molar-refractivity contribution in [2.45, 2.75) is 39.8 Å². The summed E-state index contributed by atoms with van der Waals surface area (Å²) in [6, 6.07) is 0.577. The highest BCUT2D eigenvalue weighted by Gasteiger charge is 2.27. The van der Waals surface area contributed by atoms with Crippen molar-refractivity contribution >= 4 is 6.09 Å². The lowest BCUT2D eigenvalue weighted by atomic mass is 10.1. The Kier molecular flexibility index (Phi) is 4.39. The van der Waals surface area contributed by atoms with Gasteiger partial charge in [-0.05, 0) is 19.8 Å². The maximum atomic E-state index is 11.7. The van der Waals surface area contributed by atoms with Crippen molar-refractivity contribution in [3.63, 3.8) is 0 Å². The largest absolute Gasteiger partial charge is 0.449 e. The molecule has 1 fully saturated rings. The van der Waals surface area contributed by atoms with Crippen LogP contribution < -0.4 is 5.32 Å². The van der Waals surface area contributed by atoms with Crippen LogP contribution in [0, 0.1) is 5.92 Å². The lowest BCUT2D eigenvalue weighted by Gasteiger charge is -2.36. The molecule has 1 rings (SSSR count). The van der Waals surface area contributed by atoms with Crippen LogP contribution in [0.25, 0.3) is 0 Å². The first-order valence-electron chi connectivity index (χ1n) is 5.67. The number of nitrogens with zero attached hydrogens (tertiary/aromatic N) is 1. The first-order valence-corrected chi connectivity index (χ1v) is 5.67. The Hall–Kier alpha value is -0.770. The second kappa shape index (κ2) is 5.35. The Balaban J connectivity index is 2.42. The number of ether oxygens (including phenoxy) is 1. The highest BCUT2D eigenvalue weighted by atomic mass is 16.6. The van der Waals surface area contributed by atoms with Crippen LogP contribution in [0.15, 0.2) is 0 Å². The van der Waals surface area contributed by atoms with E-state index in [-0.39, 0.29) is 12.1 Å². The lowest BCUT2D eigenvalue weighted by Crippen LogP contribution is -2.56. The summed E-state index contributed by atoms with van der Waals surface area (Å²) < 4.78 is 5.22. The molecule has 1 aliphatic heterocycles. The standard InChI is InChI=1S/C11H22N2O2/c1-8(2)7-15-11(14)13-6-9(3)12-5-10(13)4/h8-10,12H,5-7H2,1-4H3/t9-,10+/m1/s1. The quantitative estimate of drug-likeness (QED) is 0.756. The van der Waals surface area contributed by atoms with Crippen LogP contribution in [-0.4, -0.2) is 42.8 Å². The van der Waals surface area contributed by atoms with Gasteiger partial charge >= 0.3 is 6.09 Å². The second-order valence-corrected chi connectivity index (χ2v) is 4.78. The van der Waals surface area contributed by atoms with Gasteiger partial charge < -0.3 is 15.0 Å². The summed E-state index contributed by atoms with van der Waals surface area (Å²) in [5.41, 5.74) is 0. The molecule has 0 spiro atoms. The lowest BCUT2D eigenvalue weighted by molar-refractivity contribution is 0.0660. The molecule has 1 amide bonds. The Bertz CT molecular complexity index is 219. The molecule has 0 unspecified atom stereocenters. The molecule has 0 aliphatic carbocycles. The third-order valence-electron chi connectivity index (χ3n) is 2.54. The first-order chi connectivity index (χ1) is 7.00. The van der Waals surface area contributed by atoms with Crippen LogP contribution >= 0.6 is 0 Å². The van der Waals surface area contributed by atoms with Gasteiger partial charge in [0.2, 0.25) is 0 Å². The number of nitrogens with one attached hydrogen (secondary N) is 1. The van der Waals surface area contributed by atoms with Crippen molar-refractivity contribution in [2.75, 3.05) is 19.7 Å². The van der Waals surface area contributed by atoms with Crippen LogP contribution in [-0.2, 0) is 4.74 Å². The molecule has 88 valence electrons. The van der Waals surface area contributed by atoms with Crippen LogP contribution in [0.3, 0.4) is 0 Å². The molecular formula is C11H22N2O2. The molecule has 0 aromatic heterocycles. The van der Waals surface area contributed by atoms with E-state index in [4.69, 9.17) is 4.74 Å². The number of hydrogen-bond acceptors (Lipinski definition) is 3. The fourth-order valence-electron chi connectivity index (χ4n) is 1.60. The molecule has 1 saturated heterocycles. The Morgan fingerprint density at radius 2 is 2.20 bits per heavy atom. The Morgan fingerprint density at radius 3 is 2.80 bits per heavy atom. The summed E-state index contributed by atoms with van der Waals surface area (Å²) in [7, 11) is 0. The minimum atomic E-state index is -0.176. The van der Waals surface area contributed by atoms with E-state index in [2.05, 4.69) is 12.2 Å². The molecule has 4 heteroatoms. The molecule has 15 heavy (non-hydrogen) atoms. The average molecular weight is 214 g/mol. The van der Waals surface area contributed by atoms with E-state index in [1.165, 1.54) is 0 Å². The van der Waals surface area contributed by atoms with Gasteiger partial charge in [0.1, 0.15) is 0 Å². The van der Waals surface area contributed by atoms with Crippen molar-refractivity contribution in [1.29, 1.82) is 0 Å². The zero-order valence-corrected chi connectivity index (χ0v) is 10.1. The zero-order valence-electron chi connectivity index (χ0n) is 10.1.